The second kappa shape index (κ2) is 9.03. The van der Waals surface area contributed by atoms with Crippen molar-refractivity contribution in [3.8, 4) is 0 Å². The smallest absolute Gasteiger partial charge is 0.358 e. The standard InChI is InChI=1S/C22H19ClN6O3/c1-15-3-2-4-17(9-15)12-27-13-19(10-24-27)25-22(30)18-7-5-16(6-8-18)11-28-14-20(23)21(26-28)29(31)32/h2-10,13-14H,11-12H2,1H3,(H,25,30). The predicted molar refractivity (Wildman–Crippen MR) is 120 cm³/mol. The zero-order chi connectivity index (χ0) is 22.7. The van der Waals surface area contributed by atoms with Crippen LogP contribution in [0.25, 0.3) is 0 Å². The maximum Gasteiger partial charge on any atom is 0.408 e. The molecule has 1 N–H and O–H groups in total. The van der Waals surface area contributed by atoms with Gasteiger partial charge in [0, 0.05) is 11.8 Å². The summed E-state index contributed by atoms with van der Waals surface area (Å²) in [5, 5.41) is 21.8. The van der Waals surface area contributed by atoms with Crippen molar-refractivity contribution < 1.29 is 9.72 Å². The molecule has 0 spiro atoms. The van der Waals surface area contributed by atoms with Crippen LogP contribution in [0.2, 0.25) is 5.02 Å². The van der Waals surface area contributed by atoms with Crippen LogP contribution in [-0.4, -0.2) is 30.4 Å². The molecule has 4 rings (SSSR count). The Morgan fingerprint density at radius 1 is 1.09 bits per heavy atom. The van der Waals surface area contributed by atoms with Gasteiger partial charge in [-0.15, -0.1) is 0 Å². The quantitative estimate of drug-likeness (QED) is 0.333. The molecule has 0 fully saturated rings. The first-order chi connectivity index (χ1) is 15.4. The third-order valence-electron chi connectivity index (χ3n) is 4.75. The number of anilines is 1. The van der Waals surface area contributed by atoms with E-state index in [1.807, 2.05) is 25.1 Å². The third kappa shape index (κ3) is 5.01. The molecule has 10 heteroatoms. The van der Waals surface area contributed by atoms with E-state index in [0.29, 0.717) is 24.3 Å². The van der Waals surface area contributed by atoms with E-state index < -0.39 is 4.92 Å². The number of aryl methyl sites for hydroxylation is 1. The summed E-state index contributed by atoms with van der Waals surface area (Å²) in [4.78, 5) is 22.8. The Hall–Kier alpha value is -3.98. The van der Waals surface area contributed by atoms with Crippen LogP contribution in [0.3, 0.4) is 0 Å². The molecule has 2 heterocycles. The summed E-state index contributed by atoms with van der Waals surface area (Å²) in [6.07, 6.45) is 4.79. The Balaban J connectivity index is 1.37. The fourth-order valence-electron chi connectivity index (χ4n) is 3.26. The van der Waals surface area contributed by atoms with Crippen LogP contribution in [0.1, 0.15) is 27.0 Å². The number of nitrogens with one attached hydrogen (secondary N) is 1. The lowest BCUT2D eigenvalue weighted by atomic mass is 10.1. The minimum Gasteiger partial charge on any atom is -0.358 e. The van der Waals surface area contributed by atoms with Crippen molar-refractivity contribution in [1.29, 1.82) is 0 Å². The number of carbonyl (C=O) groups is 1. The zero-order valence-electron chi connectivity index (χ0n) is 17.1. The van der Waals surface area contributed by atoms with E-state index in [1.54, 1.807) is 41.3 Å². The molecule has 0 atom stereocenters. The van der Waals surface area contributed by atoms with Gasteiger partial charge in [-0.2, -0.15) is 9.78 Å². The third-order valence-corrected chi connectivity index (χ3v) is 5.02. The molecule has 2 aromatic carbocycles. The Labute approximate surface area is 188 Å². The van der Waals surface area contributed by atoms with Gasteiger partial charge in [0.2, 0.25) is 0 Å². The molecule has 162 valence electrons. The lowest BCUT2D eigenvalue weighted by Gasteiger charge is -2.05. The topological polar surface area (TPSA) is 108 Å². The molecule has 0 saturated carbocycles. The molecule has 0 aliphatic rings. The van der Waals surface area contributed by atoms with Gasteiger partial charge < -0.3 is 15.4 Å². The van der Waals surface area contributed by atoms with E-state index in [0.717, 1.165) is 11.1 Å². The number of nitrogens with zero attached hydrogens (tertiary/aromatic N) is 5. The van der Waals surface area contributed by atoms with Crippen LogP contribution in [0.5, 0.6) is 0 Å². The van der Waals surface area contributed by atoms with E-state index in [-0.39, 0.29) is 16.7 Å². The molecule has 0 unspecified atom stereocenters. The fraction of sp³-hybridized carbons (Fsp3) is 0.136. The number of rotatable bonds is 7. The molecule has 1 amide bonds. The molecule has 0 saturated heterocycles. The predicted octanol–water partition coefficient (Wildman–Crippen LogP) is 4.30. The van der Waals surface area contributed by atoms with Crippen molar-refractivity contribution in [2.24, 2.45) is 0 Å². The summed E-state index contributed by atoms with van der Waals surface area (Å²) in [5.41, 5.74) is 4.21. The van der Waals surface area contributed by atoms with Crippen molar-refractivity contribution in [1.82, 2.24) is 19.6 Å². The normalized spacial score (nSPS) is 10.8. The zero-order valence-corrected chi connectivity index (χ0v) is 17.9. The number of carbonyl (C=O) groups excluding carboxylic acids is 1. The van der Waals surface area contributed by atoms with Gasteiger partial charge in [0.1, 0.15) is 0 Å². The number of benzene rings is 2. The number of hydrogen-bond donors (Lipinski definition) is 1. The summed E-state index contributed by atoms with van der Waals surface area (Å²) >= 11 is 5.82. The van der Waals surface area contributed by atoms with Crippen molar-refractivity contribution in [2.45, 2.75) is 20.0 Å². The number of nitro groups is 1. The highest BCUT2D eigenvalue weighted by Gasteiger charge is 2.19. The average molecular weight is 451 g/mol. The monoisotopic (exact) mass is 450 g/mol. The Morgan fingerprint density at radius 3 is 2.53 bits per heavy atom. The summed E-state index contributed by atoms with van der Waals surface area (Å²) < 4.78 is 3.15. The van der Waals surface area contributed by atoms with Crippen LogP contribution in [0.4, 0.5) is 11.5 Å². The van der Waals surface area contributed by atoms with E-state index >= 15 is 0 Å². The van der Waals surface area contributed by atoms with E-state index in [4.69, 9.17) is 11.6 Å². The first-order valence-corrected chi connectivity index (χ1v) is 10.1. The minimum atomic E-state index is -0.630. The molecule has 0 aliphatic carbocycles. The SMILES string of the molecule is Cc1cccc(Cn2cc(NC(=O)c3ccc(Cn4cc(Cl)c([N+](=O)[O-])n4)cc3)cn2)c1. The second-order valence-electron chi connectivity index (χ2n) is 7.32. The molecule has 2 aromatic heterocycles. The first kappa shape index (κ1) is 21.3. The molecular formula is C22H19ClN6O3. The van der Waals surface area contributed by atoms with E-state index in [9.17, 15) is 14.9 Å². The van der Waals surface area contributed by atoms with Crippen molar-refractivity contribution >= 4 is 29.0 Å². The van der Waals surface area contributed by atoms with Gasteiger partial charge in [-0.1, -0.05) is 53.6 Å². The van der Waals surface area contributed by atoms with Gasteiger partial charge in [-0.05, 0) is 35.1 Å². The van der Waals surface area contributed by atoms with Crippen LogP contribution in [0, 0.1) is 17.0 Å². The van der Waals surface area contributed by atoms with Gasteiger partial charge in [0.15, 0.2) is 5.02 Å². The molecule has 32 heavy (non-hydrogen) atoms. The van der Waals surface area contributed by atoms with Gasteiger partial charge in [-0.3, -0.25) is 9.48 Å². The first-order valence-electron chi connectivity index (χ1n) is 9.73. The lowest BCUT2D eigenvalue weighted by Crippen LogP contribution is -2.11. The highest BCUT2D eigenvalue weighted by Crippen LogP contribution is 2.22. The molecule has 0 bridgehead atoms. The van der Waals surface area contributed by atoms with Gasteiger partial charge >= 0.3 is 5.82 Å². The van der Waals surface area contributed by atoms with Gasteiger partial charge in [-0.25, -0.2) is 0 Å². The Kier molecular flexibility index (Phi) is 6.00. The second-order valence-corrected chi connectivity index (χ2v) is 7.73. The molecule has 9 nitrogen and oxygen atoms in total. The minimum absolute atomic E-state index is 0.0195. The fourth-order valence-corrected chi connectivity index (χ4v) is 3.48. The maximum atomic E-state index is 12.6. The molecule has 4 aromatic rings. The molecule has 0 radical (unpaired) electrons. The van der Waals surface area contributed by atoms with Crippen molar-refractivity contribution in [3.05, 3.63) is 105 Å². The number of hydrogen-bond acceptors (Lipinski definition) is 5. The molecular weight excluding hydrogens is 432 g/mol. The van der Waals surface area contributed by atoms with Crippen molar-refractivity contribution in [3.63, 3.8) is 0 Å². The number of halogens is 1. The van der Waals surface area contributed by atoms with Crippen LogP contribution >= 0.6 is 11.6 Å². The number of amides is 1. The van der Waals surface area contributed by atoms with E-state index in [2.05, 4.69) is 21.6 Å². The van der Waals surface area contributed by atoms with Crippen molar-refractivity contribution in [2.75, 3.05) is 5.32 Å². The van der Waals surface area contributed by atoms with Crippen LogP contribution in [-0.2, 0) is 13.1 Å². The largest absolute Gasteiger partial charge is 0.408 e. The lowest BCUT2D eigenvalue weighted by molar-refractivity contribution is -0.389. The molecule has 0 aliphatic heterocycles. The van der Waals surface area contributed by atoms with Gasteiger partial charge in [0.25, 0.3) is 5.91 Å². The Bertz CT molecular complexity index is 1280. The van der Waals surface area contributed by atoms with Gasteiger partial charge in [0.05, 0.1) is 36.3 Å². The van der Waals surface area contributed by atoms with E-state index in [1.165, 1.54) is 16.4 Å². The summed E-state index contributed by atoms with van der Waals surface area (Å²) in [6.45, 7) is 2.95. The number of aromatic nitrogens is 4. The maximum absolute atomic E-state index is 12.6. The highest BCUT2D eigenvalue weighted by atomic mass is 35.5. The summed E-state index contributed by atoms with van der Waals surface area (Å²) in [6, 6.07) is 15.1. The summed E-state index contributed by atoms with van der Waals surface area (Å²) in [5.74, 6) is -0.643. The van der Waals surface area contributed by atoms with Crippen LogP contribution < -0.4 is 5.32 Å². The van der Waals surface area contributed by atoms with Crippen LogP contribution in [0.15, 0.2) is 67.1 Å². The Morgan fingerprint density at radius 2 is 1.84 bits per heavy atom. The highest BCUT2D eigenvalue weighted by molar-refractivity contribution is 6.32. The summed E-state index contributed by atoms with van der Waals surface area (Å²) in [7, 11) is 0. The average Bonchev–Trinajstić information content (AvgIpc) is 3.34.